The first kappa shape index (κ1) is 12.1. The van der Waals surface area contributed by atoms with Gasteiger partial charge in [0.05, 0.1) is 6.04 Å². The number of amides is 1. The van der Waals surface area contributed by atoms with Gasteiger partial charge in [-0.3, -0.25) is 4.79 Å². The molecule has 0 aromatic carbocycles. The molecule has 0 aliphatic carbocycles. The highest BCUT2D eigenvalue weighted by atomic mass is 16.2. The maximum Gasteiger partial charge on any atom is 0.270 e. The van der Waals surface area contributed by atoms with Gasteiger partial charge in [-0.2, -0.15) is 0 Å². The molecule has 1 atom stereocenters. The molecule has 0 saturated carbocycles. The zero-order valence-electron chi connectivity index (χ0n) is 10.5. The summed E-state index contributed by atoms with van der Waals surface area (Å²) in [5, 5.41) is 0. The Morgan fingerprint density at radius 2 is 2.24 bits per heavy atom. The number of nitrogens with zero attached hydrogens (tertiary/aromatic N) is 3. The third-order valence-corrected chi connectivity index (χ3v) is 3.38. The number of carbonyl (C=O) groups excluding carboxylic acids is 1. The molecular formula is C12H20N4O. The zero-order chi connectivity index (χ0) is 12.4. The van der Waals surface area contributed by atoms with Gasteiger partial charge in [-0.05, 0) is 19.2 Å². The molecule has 1 aliphatic rings. The molecule has 2 N–H and O–H groups in total. The Labute approximate surface area is 102 Å². The number of carbonyl (C=O) groups is 1. The zero-order valence-corrected chi connectivity index (χ0v) is 10.5. The molecule has 1 aromatic heterocycles. The van der Waals surface area contributed by atoms with E-state index in [-0.39, 0.29) is 11.9 Å². The van der Waals surface area contributed by atoms with Gasteiger partial charge in [0, 0.05) is 39.4 Å². The number of aromatic nitrogens is 1. The number of hydrogen-bond acceptors (Lipinski definition) is 3. The van der Waals surface area contributed by atoms with Gasteiger partial charge >= 0.3 is 0 Å². The van der Waals surface area contributed by atoms with Crippen molar-refractivity contribution < 1.29 is 4.79 Å². The molecule has 1 amide bonds. The summed E-state index contributed by atoms with van der Waals surface area (Å²) >= 11 is 0. The summed E-state index contributed by atoms with van der Waals surface area (Å²) in [6.45, 7) is 3.03. The molecule has 17 heavy (non-hydrogen) atoms. The van der Waals surface area contributed by atoms with Crippen LogP contribution < -0.4 is 5.73 Å². The summed E-state index contributed by atoms with van der Waals surface area (Å²) in [6, 6.07) is 3.87. The second-order valence-corrected chi connectivity index (χ2v) is 4.65. The van der Waals surface area contributed by atoms with E-state index in [2.05, 4.69) is 11.9 Å². The molecule has 1 unspecified atom stereocenters. The van der Waals surface area contributed by atoms with Crippen molar-refractivity contribution in [2.24, 2.45) is 12.8 Å². The molecule has 2 rings (SSSR count). The van der Waals surface area contributed by atoms with E-state index in [9.17, 15) is 4.79 Å². The predicted molar refractivity (Wildman–Crippen MR) is 66.8 cm³/mol. The van der Waals surface area contributed by atoms with E-state index in [4.69, 9.17) is 5.73 Å². The molecule has 0 spiro atoms. The van der Waals surface area contributed by atoms with Gasteiger partial charge < -0.3 is 20.1 Å². The van der Waals surface area contributed by atoms with E-state index in [1.807, 2.05) is 34.8 Å². The van der Waals surface area contributed by atoms with Crippen molar-refractivity contribution in [2.75, 3.05) is 33.2 Å². The standard InChI is InChI=1S/C12H20N4O/c1-14-6-7-16(10(8-13)9-14)12(17)11-4-3-5-15(11)2/h3-5,10H,6-9,13H2,1-2H3. The lowest BCUT2D eigenvalue weighted by molar-refractivity contribution is 0.0507. The minimum absolute atomic E-state index is 0.0843. The molecule has 0 radical (unpaired) electrons. The molecule has 1 fully saturated rings. The first-order valence-electron chi connectivity index (χ1n) is 5.94. The summed E-state index contributed by atoms with van der Waals surface area (Å²) in [5.74, 6) is 0.0843. The topological polar surface area (TPSA) is 54.5 Å². The summed E-state index contributed by atoms with van der Waals surface area (Å²) in [5.41, 5.74) is 6.49. The first-order valence-corrected chi connectivity index (χ1v) is 5.94. The van der Waals surface area contributed by atoms with E-state index < -0.39 is 0 Å². The van der Waals surface area contributed by atoms with Crippen molar-refractivity contribution in [3.8, 4) is 0 Å². The van der Waals surface area contributed by atoms with Crippen LogP contribution in [0.2, 0.25) is 0 Å². The Bertz CT molecular complexity index is 401. The normalized spacial score (nSPS) is 21.8. The maximum atomic E-state index is 12.4. The molecule has 94 valence electrons. The molecule has 5 heteroatoms. The Morgan fingerprint density at radius 3 is 2.82 bits per heavy atom. The van der Waals surface area contributed by atoms with E-state index in [1.54, 1.807) is 0 Å². The molecule has 5 nitrogen and oxygen atoms in total. The number of likely N-dealkylation sites (N-methyl/N-ethyl adjacent to an activating group) is 1. The second-order valence-electron chi connectivity index (χ2n) is 4.65. The lowest BCUT2D eigenvalue weighted by Crippen LogP contribution is -2.57. The Balaban J connectivity index is 2.16. The van der Waals surface area contributed by atoms with Crippen LogP contribution in [0.4, 0.5) is 0 Å². The Kier molecular flexibility index (Phi) is 3.49. The quantitative estimate of drug-likeness (QED) is 0.770. The van der Waals surface area contributed by atoms with Gasteiger partial charge in [0.15, 0.2) is 0 Å². The van der Waals surface area contributed by atoms with Crippen molar-refractivity contribution in [1.82, 2.24) is 14.4 Å². The fourth-order valence-corrected chi connectivity index (χ4v) is 2.31. The van der Waals surface area contributed by atoms with Crippen LogP contribution in [0.5, 0.6) is 0 Å². The summed E-state index contributed by atoms with van der Waals surface area (Å²) < 4.78 is 1.86. The number of aryl methyl sites for hydroxylation is 1. The summed E-state index contributed by atoms with van der Waals surface area (Å²) in [6.07, 6.45) is 1.89. The molecular weight excluding hydrogens is 216 g/mol. The minimum atomic E-state index is 0.0843. The average molecular weight is 236 g/mol. The van der Waals surface area contributed by atoms with Crippen molar-refractivity contribution in [2.45, 2.75) is 6.04 Å². The van der Waals surface area contributed by atoms with Gasteiger partial charge in [0.1, 0.15) is 5.69 Å². The van der Waals surface area contributed by atoms with Crippen LogP contribution in [0.3, 0.4) is 0 Å². The van der Waals surface area contributed by atoms with Crippen LogP contribution >= 0.6 is 0 Å². The van der Waals surface area contributed by atoms with Gasteiger partial charge in [0.2, 0.25) is 0 Å². The molecule has 1 aliphatic heterocycles. The smallest absolute Gasteiger partial charge is 0.270 e. The summed E-state index contributed by atoms with van der Waals surface area (Å²) in [7, 11) is 3.95. The van der Waals surface area contributed by atoms with E-state index in [0.29, 0.717) is 6.54 Å². The Hall–Kier alpha value is -1.33. The van der Waals surface area contributed by atoms with Crippen molar-refractivity contribution in [3.05, 3.63) is 24.0 Å². The Morgan fingerprint density at radius 1 is 1.47 bits per heavy atom. The maximum absolute atomic E-state index is 12.4. The van der Waals surface area contributed by atoms with Gasteiger partial charge in [-0.1, -0.05) is 0 Å². The number of hydrogen-bond donors (Lipinski definition) is 1. The number of piperazine rings is 1. The van der Waals surface area contributed by atoms with Gasteiger partial charge in [0.25, 0.3) is 5.91 Å². The lowest BCUT2D eigenvalue weighted by Gasteiger charge is -2.39. The second kappa shape index (κ2) is 4.89. The van der Waals surface area contributed by atoms with Crippen LogP contribution in [-0.4, -0.2) is 59.5 Å². The highest BCUT2D eigenvalue weighted by molar-refractivity contribution is 5.93. The van der Waals surface area contributed by atoms with E-state index in [0.717, 1.165) is 25.3 Å². The minimum Gasteiger partial charge on any atom is -0.347 e. The third-order valence-electron chi connectivity index (χ3n) is 3.38. The SMILES string of the molecule is CN1CCN(C(=O)c2cccn2C)C(CN)C1. The van der Waals surface area contributed by atoms with E-state index in [1.165, 1.54) is 0 Å². The largest absolute Gasteiger partial charge is 0.347 e. The van der Waals surface area contributed by atoms with Crippen LogP contribution in [0, 0.1) is 0 Å². The first-order chi connectivity index (χ1) is 8.13. The van der Waals surface area contributed by atoms with Crippen LogP contribution in [0.25, 0.3) is 0 Å². The van der Waals surface area contributed by atoms with Crippen molar-refractivity contribution in [1.29, 1.82) is 0 Å². The van der Waals surface area contributed by atoms with E-state index >= 15 is 0 Å². The fraction of sp³-hybridized carbons (Fsp3) is 0.583. The van der Waals surface area contributed by atoms with Crippen molar-refractivity contribution >= 4 is 5.91 Å². The van der Waals surface area contributed by atoms with Gasteiger partial charge in [-0.15, -0.1) is 0 Å². The third kappa shape index (κ3) is 2.35. The molecule has 1 saturated heterocycles. The number of rotatable bonds is 2. The summed E-state index contributed by atoms with van der Waals surface area (Å²) in [4.78, 5) is 16.5. The van der Waals surface area contributed by atoms with Crippen LogP contribution in [0.1, 0.15) is 10.5 Å². The monoisotopic (exact) mass is 236 g/mol. The van der Waals surface area contributed by atoms with Gasteiger partial charge in [-0.25, -0.2) is 0 Å². The predicted octanol–water partition coefficient (Wildman–Crippen LogP) is -0.260. The highest BCUT2D eigenvalue weighted by Crippen LogP contribution is 2.12. The molecule has 1 aromatic rings. The fourth-order valence-electron chi connectivity index (χ4n) is 2.31. The lowest BCUT2D eigenvalue weighted by atomic mass is 10.1. The average Bonchev–Trinajstić information content (AvgIpc) is 2.74. The van der Waals surface area contributed by atoms with Crippen LogP contribution in [0.15, 0.2) is 18.3 Å². The number of nitrogens with two attached hydrogens (primary N) is 1. The van der Waals surface area contributed by atoms with Crippen molar-refractivity contribution in [3.63, 3.8) is 0 Å². The molecule has 2 heterocycles. The highest BCUT2D eigenvalue weighted by Gasteiger charge is 2.29. The molecule has 0 bridgehead atoms. The van der Waals surface area contributed by atoms with Crippen LogP contribution in [-0.2, 0) is 7.05 Å².